The number of ether oxygens (including phenoxy) is 1. The minimum Gasteiger partial charge on any atom is -0.496 e. The lowest BCUT2D eigenvalue weighted by atomic mass is 10.0. The van der Waals surface area contributed by atoms with Crippen LogP contribution in [-0.4, -0.2) is 7.11 Å². The van der Waals surface area contributed by atoms with E-state index in [1.165, 1.54) is 0 Å². The van der Waals surface area contributed by atoms with Gasteiger partial charge in [-0.05, 0) is 43.2 Å². The molecule has 4 heteroatoms. The van der Waals surface area contributed by atoms with Crippen molar-refractivity contribution in [3.63, 3.8) is 0 Å². The Morgan fingerprint density at radius 1 is 1.28 bits per heavy atom. The summed E-state index contributed by atoms with van der Waals surface area (Å²) in [7, 11) is 1.65. The third-order valence-corrected chi connectivity index (χ3v) is 3.88. The Balaban J connectivity index is 2.50. The number of rotatable bonds is 3. The Morgan fingerprint density at radius 3 is 2.56 bits per heavy atom. The summed E-state index contributed by atoms with van der Waals surface area (Å²) in [6, 6.07) is 5.54. The lowest BCUT2D eigenvalue weighted by Gasteiger charge is -2.16. The van der Waals surface area contributed by atoms with Crippen LogP contribution in [0.2, 0.25) is 0 Å². The Hall–Kier alpha value is -1.26. The van der Waals surface area contributed by atoms with Crippen LogP contribution in [0.1, 0.15) is 28.5 Å². The SMILES string of the molecule is COc1cc(C)c(Br)cc1C(N)c1occc1C. The summed E-state index contributed by atoms with van der Waals surface area (Å²) in [5.74, 6) is 1.54. The molecule has 18 heavy (non-hydrogen) atoms. The number of aryl methyl sites for hydroxylation is 2. The van der Waals surface area contributed by atoms with E-state index in [9.17, 15) is 0 Å². The van der Waals surface area contributed by atoms with Gasteiger partial charge in [-0.15, -0.1) is 0 Å². The summed E-state index contributed by atoms with van der Waals surface area (Å²) in [5, 5.41) is 0. The van der Waals surface area contributed by atoms with Crippen LogP contribution in [0.25, 0.3) is 0 Å². The first-order valence-corrected chi connectivity index (χ1v) is 6.47. The highest BCUT2D eigenvalue weighted by Crippen LogP contribution is 2.34. The first kappa shape index (κ1) is 13.2. The predicted molar refractivity (Wildman–Crippen MR) is 74.9 cm³/mol. The van der Waals surface area contributed by atoms with Crippen molar-refractivity contribution >= 4 is 15.9 Å². The molecule has 0 bridgehead atoms. The Labute approximate surface area is 115 Å². The van der Waals surface area contributed by atoms with E-state index in [0.29, 0.717) is 0 Å². The maximum absolute atomic E-state index is 6.26. The molecule has 2 aromatic rings. The first-order valence-electron chi connectivity index (χ1n) is 5.68. The fourth-order valence-electron chi connectivity index (χ4n) is 1.93. The molecule has 0 aliphatic carbocycles. The molecular weight excluding hydrogens is 294 g/mol. The third kappa shape index (κ3) is 2.31. The Morgan fingerprint density at radius 2 is 2.00 bits per heavy atom. The van der Waals surface area contributed by atoms with Crippen LogP contribution in [0.15, 0.2) is 33.4 Å². The van der Waals surface area contributed by atoms with Gasteiger partial charge in [0, 0.05) is 10.0 Å². The molecule has 96 valence electrons. The third-order valence-electron chi connectivity index (χ3n) is 3.03. The highest BCUT2D eigenvalue weighted by molar-refractivity contribution is 9.10. The standard InChI is InChI=1S/C14H16BrNO2/c1-8-4-5-18-14(8)13(16)10-7-11(15)9(2)6-12(10)17-3/h4-7,13H,16H2,1-3H3. The van der Waals surface area contributed by atoms with Gasteiger partial charge in [0.25, 0.3) is 0 Å². The Bertz CT molecular complexity index is 563. The van der Waals surface area contributed by atoms with Gasteiger partial charge in [0.15, 0.2) is 0 Å². The monoisotopic (exact) mass is 309 g/mol. The van der Waals surface area contributed by atoms with Gasteiger partial charge >= 0.3 is 0 Å². The van der Waals surface area contributed by atoms with Gasteiger partial charge in [-0.25, -0.2) is 0 Å². The maximum atomic E-state index is 6.26. The largest absolute Gasteiger partial charge is 0.496 e. The van der Waals surface area contributed by atoms with Crippen molar-refractivity contribution < 1.29 is 9.15 Å². The second kappa shape index (κ2) is 5.16. The van der Waals surface area contributed by atoms with Crippen LogP contribution in [-0.2, 0) is 0 Å². The Kier molecular flexibility index (Phi) is 3.78. The van der Waals surface area contributed by atoms with Crippen molar-refractivity contribution in [3.05, 3.63) is 51.4 Å². The van der Waals surface area contributed by atoms with Gasteiger partial charge in [-0.2, -0.15) is 0 Å². The fraction of sp³-hybridized carbons (Fsp3) is 0.286. The zero-order chi connectivity index (χ0) is 13.3. The lowest BCUT2D eigenvalue weighted by molar-refractivity contribution is 0.402. The quantitative estimate of drug-likeness (QED) is 0.940. The average molecular weight is 310 g/mol. The van der Waals surface area contributed by atoms with E-state index in [0.717, 1.165) is 32.7 Å². The summed E-state index contributed by atoms with van der Waals surface area (Å²) in [6.45, 7) is 3.99. The molecule has 1 aromatic carbocycles. The number of hydrogen-bond donors (Lipinski definition) is 1. The van der Waals surface area contributed by atoms with Crippen molar-refractivity contribution in [2.45, 2.75) is 19.9 Å². The van der Waals surface area contributed by atoms with Gasteiger partial charge in [-0.1, -0.05) is 15.9 Å². The zero-order valence-electron chi connectivity index (χ0n) is 10.7. The van der Waals surface area contributed by atoms with Gasteiger partial charge in [-0.3, -0.25) is 0 Å². The number of furan rings is 1. The molecule has 1 aromatic heterocycles. The summed E-state index contributed by atoms with van der Waals surface area (Å²) >= 11 is 3.52. The molecule has 0 fully saturated rings. The number of benzene rings is 1. The molecule has 1 unspecified atom stereocenters. The molecule has 0 amide bonds. The molecule has 0 aliphatic rings. The average Bonchev–Trinajstić information content (AvgIpc) is 2.77. The van der Waals surface area contributed by atoms with Crippen LogP contribution in [0, 0.1) is 13.8 Å². The smallest absolute Gasteiger partial charge is 0.128 e. The van der Waals surface area contributed by atoms with E-state index in [-0.39, 0.29) is 6.04 Å². The zero-order valence-corrected chi connectivity index (χ0v) is 12.2. The molecule has 1 atom stereocenters. The van der Waals surface area contributed by atoms with Gasteiger partial charge in [0.05, 0.1) is 19.4 Å². The lowest BCUT2D eigenvalue weighted by Crippen LogP contribution is -2.13. The van der Waals surface area contributed by atoms with Crippen LogP contribution in [0.5, 0.6) is 5.75 Å². The van der Waals surface area contributed by atoms with E-state index >= 15 is 0 Å². The highest BCUT2D eigenvalue weighted by atomic mass is 79.9. The fourth-order valence-corrected chi connectivity index (χ4v) is 2.30. The van der Waals surface area contributed by atoms with Gasteiger partial charge < -0.3 is 14.9 Å². The summed E-state index contributed by atoms with van der Waals surface area (Å²) < 4.78 is 11.9. The molecule has 3 nitrogen and oxygen atoms in total. The topological polar surface area (TPSA) is 48.4 Å². The van der Waals surface area contributed by atoms with E-state index in [4.69, 9.17) is 14.9 Å². The molecule has 0 saturated carbocycles. The van der Waals surface area contributed by atoms with E-state index < -0.39 is 0 Å². The first-order chi connectivity index (χ1) is 8.54. The van der Waals surface area contributed by atoms with Gasteiger partial charge in [0.1, 0.15) is 11.5 Å². The minimum absolute atomic E-state index is 0.327. The molecule has 0 saturated heterocycles. The molecule has 2 N–H and O–H groups in total. The highest BCUT2D eigenvalue weighted by Gasteiger charge is 2.19. The van der Waals surface area contributed by atoms with Crippen molar-refractivity contribution in [1.29, 1.82) is 0 Å². The molecular formula is C14H16BrNO2. The number of halogens is 1. The molecule has 1 heterocycles. The number of methoxy groups -OCH3 is 1. The van der Waals surface area contributed by atoms with E-state index in [2.05, 4.69) is 15.9 Å². The van der Waals surface area contributed by atoms with Crippen molar-refractivity contribution in [3.8, 4) is 5.75 Å². The number of nitrogens with two attached hydrogens (primary N) is 1. The predicted octanol–water partition coefficient (Wildman–Crippen LogP) is 3.72. The van der Waals surface area contributed by atoms with Crippen molar-refractivity contribution in [2.24, 2.45) is 5.73 Å². The molecule has 0 aliphatic heterocycles. The normalized spacial score (nSPS) is 12.5. The van der Waals surface area contributed by atoms with Crippen LogP contribution < -0.4 is 10.5 Å². The van der Waals surface area contributed by atoms with Crippen LogP contribution in [0.4, 0.5) is 0 Å². The minimum atomic E-state index is -0.327. The van der Waals surface area contributed by atoms with Gasteiger partial charge in [0.2, 0.25) is 0 Å². The molecule has 2 rings (SSSR count). The second-order valence-electron chi connectivity index (χ2n) is 4.29. The maximum Gasteiger partial charge on any atom is 0.128 e. The summed E-state index contributed by atoms with van der Waals surface area (Å²) in [6.07, 6.45) is 1.65. The van der Waals surface area contributed by atoms with Crippen LogP contribution >= 0.6 is 15.9 Å². The number of hydrogen-bond acceptors (Lipinski definition) is 3. The van der Waals surface area contributed by atoms with Crippen LogP contribution in [0.3, 0.4) is 0 Å². The summed E-state index contributed by atoms with van der Waals surface area (Å²) in [4.78, 5) is 0. The summed E-state index contributed by atoms with van der Waals surface area (Å²) in [5.41, 5.74) is 9.33. The van der Waals surface area contributed by atoms with Crippen molar-refractivity contribution in [1.82, 2.24) is 0 Å². The molecule has 0 spiro atoms. The molecule has 0 radical (unpaired) electrons. The van der Waals surface area contributed by atoms with E-state index in [1.54, 1.807) is 13.4 Å². The second-order valence-corrected chi connectivity index (χ2v) is 5.14. The van der Waals surface area contributed by atoms with E-state index in [1.807, 2.05) is 32.0 Å². The van der Waals surface area contributed by atoms with Crippen molar-refractivity contribution in [2.75, 3.05) is 7.11 Å².